The molecule has 0 aliphatic heterocycles. The molecule has 1 amide bonds. The molecule has 0 radical (unpaired) electrons. The molecule has 2 rings (SSSR count). The molecule has 128 valence electrons. The van der Waals surface area contributed by atoms with E-state index in [1.807, 2.05) is 0 Å². The lowest BCUT2D eigenvalue weighted by Gasteiger charge is -2.21. The molecule has 0 spiro atoms. The van der Waals surface area contributed by atoms with E-state index >= 15 is 0 Å². The number of carbonyl (C=O) groups is 1. The Bertz CT molecular complexity index is 507. The van der Waals surface area contributed by atoms with Crippen molar-refractivity contribution < 1.29 is 18.3 Å². The summed E-state index contributed by atoms with van der Waals surface area (Å²) in [6, 6.07) is 3.64. The number of ether oxygens (including phenoxy) is 1. The number of halogens is 2. The second-order valence-corrected chi connectivity index (χ2v) is 6.75. The normalized spacial score (nSPS) is 15.6. The first-order valence-corrected chi connectivity index (χ1v) is 9.10. The third-order valence-corrected chi connectivity index (χ3v) is 4.80. The van der Waals surface area contributed by atoms with Crippen LogP contribution in [0.1, 0.15) is 38.5 Å². The smallest absolute Gasteiger partial charge is 0.230 e. The minimum absolute atomic E-state index is 0.114. The van der Waals surface area contributed by atoms with Gasteiger partial charge in [-0.1, -0.05) is 19.3 Å². The van der Waals surface area contributed by atoms with Crippen molar-refractivity contribution in [3.8, 4) is 0 Å². The molecule has 1 fully saturated rings. The lowest BCUT2D eigenvalue weighted by Crippen LogP contribution is -2.27. The monoisotopic (exact) mass is 343 g/mol. The summed E-state index contributed by atoms with van der Waals surface area (Å²) in [4.78, 5) is 12.2. The van der Waals surface area contributed by atoms with Crippen LogP contribution in [0.2, 0.25) is 0 Å². The molecule has 1 N–H and O–H groups in total. The molecule has 23 heavy (non-hydrogen) atoms. The summed E-state index contributed by atoms with van der Waals surface area (Å²) in [5.41, 5.74) is 0. The number of rotatable bonds is 8. The van der Waals surface area contributed by atoms with E-state index in [9.17, 15) is 13.6 Å². The standard InChI is InChI=1S/C17H23F2NO2S/c18-15-8-7-14(11-16(15)19)23-12-17(21)20-9-4-10-22-13-5-2-1-3-6-13/h7-8,11,13H,1-6,9-10,12H2,(H,20,21). The number of thioether (sulfide) groups is 1. The fourth-order valence-electron chi connectivity index (χ4n) is 2.55. The topological polar surface area (TPSA) is 38.3 Å². The number of nitrogens with one attached hydrogen (secondary N) is 1. The maximum absolute atomic E-state index is 13.0. The summed E-state index contributed by atoms with van der Waals surface area (Å²) in [5.74, 6) is -1.70. The summed E-state index contributed by atoms with van der Waals surface area (Å²) in [6.07, 6.45) is 7.30. The van der Waals surface area contributed by atoms with Gasteiger partial charge in [0.05, 0.1) is 11.9 Å². The summed E-state index contributed by atoms with van der Waals surface area (Å²) in [5, 5.41) is 2.81. The second kappa shape index (κ2) is 9.88. The summed E-state index contributed by atoms with van der Waals surface area (Å²) in [6.45, 7) is 1.24. The predicted octanol–water partition coefficient (Wildman–Crippen LogP) is 3.91. The molecule has 0 aromatic heterocycles. The van der Waals surface area contributed by atoms with Crippen LogP contribution in [0.5, 0.6) is 0 Å². The number of benzene rings is 1. The lowest BCUT2D eigenvalue weighted by molar-refractivity contribution is -0.118. The van der Waals surface area contributed by atoms with Gasteiger partial charge >= 0.3 is 0 Å². The highest BCUT2D eigenvalue weighted by Gasteiger charge is 2.13. The quantitative estimate of drug-likeness (QED) is 0.574. The van der Waals surface area contributed by atoms with Crippen molar-refractivity contribution >= 4 is 17.7 Å². The Kier molecular flexibility index (Phi) is 7.82. The fourth-order valence-corrected chi connectivity index (χ4v) is 3.30. The van der Waals surface area contributed by atoms with Crippen LogP contribution >= 0.6 is 11.8 Å². The van der Waals surface area contributed by atoms with Gasteiger partial charge in [0.25, 0.3) is 0 Å². The molecule has 0 unspecified atom stereocenters. The number of amides is 1. The molecule has 1 aliphatic rings. The highest BCUT2D eigenvalue weighted by molar-refractivity contribution is 8.00. The Morgan fingerprint density at radius 1 is 1.22 bits per heavy atom. The van der Waals surface area contributed by atoms with E-state index in [1.54, 1.807) is 0 Å². The third kappa shape index (κ3) is 6.87. The molecule has 0 atom stereocenters. The SMILES string of the molecule is O=C(CSc1ccc(F)c(F)c1)NCCCOC1CCCCC1. The molecule has 6 heteroatoms. The Morgan fingerprint density at radius 2 is 2.00 bits per heavy atom. The maximum atomic E-state index is 13.0. The van der Waals surface area contributed by atoms with Crippen molar-refractivity contribution in [1.82, 2.24) is 5.32 Å². The van der Waals surface area contributed by atoms with Crippen molar-refractivity contribution in [1.29, 1.82) is 0 Å². The molecule has 1 aromatic carbocycles. The average molecular weight is 343 g/mol. The van der Waals surface area contributed by atoms with Crippen molar-refractivity contribution in [2.45, 2.75) is 49.5 Å². The first kappa shape index (κ1) is 18.2. The van der Waals surface area contributed by atoms with Gasteiger partial charge in [0, 0.05) is 18.0 Å². The minimum atomic E-state index is -0.893. The van der Waals surface area contributed by atoms with Gasteiger partial charge in [-0.3, -0.25) is 4.79 Å². The molecular weight excluding hydrogens is 320 g/mol. The van der Waals surface area contributed by atoms with Crippen LogP contribution in [0, 0.1) is 11.6 Å². The first-order chi connectivity index (χ1) is 11.1. The zero-order chi connectivity index (χ0) is 16.5. The number of hydrogen-bond acceptors (Lipinski definition) is 3. The summed E-state index contributed by atoms with van der Waals surface area (Å²) in [7, 11) is 0. The van der Waals surface area contributed by atoms with Gasteiger partial charge in [-0.25, -0.2) is 8.78 Å². The maximum Gasteiger partial charge on any atom is 0.230 e. The van der Waals surface area contributed by atoms with Crippen molar-refractivity contribution in [2.24, 2.45) is 0 Å². The molecule has 0 heterocycles. The summed E-state index contributed by atoms with van der Waals surface area (Å²) < 4.78 is 31.6. The number of hydrogen-bond donors (Lipinski definition) is 1. The summed E-state index contributed by atoms with van der Waals surface area (Å²) >= 11 is 1.19. The van der Waals surface area contributed by atoms with Crippen LogP contribution < -0.4 is 5.32 Å². The highest BCUT2D eigenvalue weighted by atomic mass is 32.2. The Hall–Kier alpha value is -1.14. The van der Waals surface area contributed by atoms with E-state index in [0.717, 1.165) is 31.4 Å². The Balaban J connectivity index is 1.53. The molecular formula is C17H23F2NO2S. The van der Waals surface area contributed by atoms with Gasteiger partial charge in [-0.2, -0.15) is 0 Å². The van der Waals surface area contributed by atoms with Crippen LogP contribution in [-0.4, -0.2) is 30.9 Å². The first-order valence-electron chi connectivity index (χ1n) is 8.11. The van der Waals surface area contributed by atoms with Crippen molar-refractivity contribution in [2.75, 3.05) is 18.9 Å². The van der Waals surface area contributed by atoms with E-state index in [4.69, 9.17) is 4.74 Å². The van der Waals surface area contributed by atoms with Crippen molar-refractivity contribution in [3.63, 3.8) is 0 Å². The fraction of sp³-hybridized carbons (Fsp3) is 0.588. The molecule has 3 nitrogen and oxygen atoms in total. The zero-order valence-electron chi connectivity index (χ0n) is 13.2. The van der Waals surface area contributed by atoms with Crippen molar-refractivity contribution in [3.05, 3.63) is 29.8 Å². The van der Waals surface area contributed by atoms with Crippen LogP contribution in [0.15, 0.2) is 23.1 Å². The third-order valence-electron chi connectivity index (χ3n) is 3.81. The average Bonchev–Trinajstić information content (AvgIpc) is 2.56. The Morgan fingerprint density at radius 3 is 2.74 bits per heavy atom. The van der Waals surface area contributed by atoms with Crippen LogP contribution in [-0.2, 0) is 9.53 Å². The highest BCUT2D eigenvalue weighted by Crippen LogP contribution is 2.21. The zero-order valence-corrected chi connectivity index (χ0v) is 14.0. The number of carbonyl (C=O) groups excluding carboxylic acids is 1. The molecule has 0 bridgehead atoms. The van der Waals surface area contributed by atoms with Gasteiger partial charge in [0.15, 0.2) is 11.6 Å². The molecule has 0 saturated heterocycles. The van der Waals surface area contributed by atoms with E-state index in [0.29, 0.717) is 24.2 Å². The van der Waals surface area contributed by atoms with Crippen LogP contribution in [0.25, 0.3) is 0 Å². The van der Waals surface area contributed by atoms with Crippen LogP contribution in [0.4, 0.5) is 8.78 Å². The van der Waals surface area contributed by atoms with E-state index in [-0.39, 0.29) is 11.7 Å². The predicted molar refractivity (Wildman–Crippen MR) is 87.5 cm³/mol. The second-order valence-electron chi connectivity index (χ2n) is 5.70. The minimum Gasteiger partial charge on any atom is -0.378 e. The molecule has 1 aliphatic carbocycles. The van der Waals surface area contributed by atoms with Gasteiger partial charge in [0.1, 0.15) is 0 Å². The van der Waals surface area contributed by atoms with E-state index < -0.39 is 11.6 Å². The van der Waals surface area contributed by atoms with Gasteiger partial charge in [-0.05, 0) is 37.5 Å². The van der Waals surface area contributed by atoms with Crippen LogP contribution in [0.3, 0.4) is 0 Å². The Labute approximate surface area is 140 Å². The van der Waals surface area contributed by atoms with Gasteiger partial charge in [-0.15, -0.1) is 11.8 Å². The van der Waals surface area contributed by atoms with Gasteiger partial charge in [0.2, 0.25) is 5.91 Å². The molecule has 1 aromatic rings. The van der Waals surface area contributed by atoms with Gasteiger partial charge < -0.3 is 10.1 Å². The van der Waals surface area contributed by atoms with E-state index in [2.05, 4.69) is 5.32 Å². The largest absolute Gasteiger partial charge is 0.378 e. The molecule has 1 saturated carbocycles. The van der Waals surface area contributed by atoms with E-state index in [1.165, 1.54) is 37.1 Å². The lowest BCUT2D eigenvalue weighted by atomic mass is 9.98.